The lowest BCUT2D eigenvalue weighted by atomic mass is 10.2. The fraction of sp³-hybridized carbons (Fsp3) is 0.214. The number of anilines is 1. The molecule has 108 valence electrons. The van der Waals surface area contributed by atoms with Crippen LogP contribution in [0, 0.1) is 0 Å². The predicted molar refractivity (Wildman–Crippen MR) is 77.3 cm³/mol. The Morgan fingerprint density at radius 2 is 2.14 bits per heavy atom. The van der Waals surface area contributed by atoms with Crippen LogP contribution in [-0.4, -0.2) is 35.1 Å². The molecule has 0 bridgehead atoms. The Morgan fingerprint density at radius 1 is 1.33 bits per heavy atom. The van der Waals surface area contributed by atoms with E-state index in [1.807, 2.05) is 24.3 Å². The summed E-state index contributed by atoms with van der Waals surface area (Å²) in [5.74, 6) is -0.785. The summed E-state index contributed by atoms with van der Waals surface area (Å²) in [6.45, 7) is 1.05. The standard InChI is InChI=1S/C14H12N2O4S/c17-13(9-8-21-12(15-9)14(18)19)16-6-3-7-20-11-5-2-1-4-10(11)16/h1-2,4-5,8H,3,6-7H2,(H,18,19). The normalized spacial score (nSPS) is 14.0. The van der Waals surface area contributed by atoms with Crippen LogP contribution in [-0.2, 0) is 0 Å². The van der Waals surface area contributed by atoms with Gasteiger partial charge in [-0.25, -0.2) is 9.78 Å². The minimum Gasteiger partial charge on any atom is -0.491 e. The average molecular weight is 304 g/mol. The van der Waals surface area contributed by atoms with Crippen LogP contribution in [0.4, 0.5) is 5.69 Å². The zero-order chi connectivity index (χ0) is 14.8. The maximum absolute atomic E-state index is 12.6. The first-order valence-corrected chi connectivity index (χ1v) is 7.27. The van der Waals surface area contributed by atoms with Crippen LogP contribution in [0.5, 0.6) is 5.75 Å². The van der Waals surface area contributed by atoms with Crippen molar-refractivity contribution < 1.29 is 19.4 Å². The maximum atomic E-state index is 12.6. The van der Waals surface area contributed by atoms with Gasteiger partial charge in [0.15, 0.2) is 0 Å². The van der Waals surface area contributed by atoms with Gasteiger partial charge in [0.05, 0.1) is 12.3 Å². The highest BCUT2D eigenvalue weighted by Gasteiger charge is 2.25. The predicted octanol–water partition coefficient (Wildman–Crippen LogP) is 2.27. The number of carboxylic acid groups (broad SMARTS) is 1. The Balaban J connectivity index is 1.95. The number of benzene rings is 1. The van der Waals surface area contributed by atoms with Crippen molar-refractivity contribution in [1.29, 1.82) is 0 Å². The lowest BCUT2D eigenvalue weighted by Crippen LogP contribution is -2.31. The molecule has 0 atom stereocenters. The second-order valence-corrected chi connectivity index (χ2v) is 5.33. The fourth-order valence-electron chi connectivity index (χ4n) is 2.15. The van der Waals surface area contributed by atoms with Crippen LogP contribution < -0.4 is 9.64 Å². The van der Waals surface area contributed by atoms with E-state index in [2.05, 4.69) is 4.98 Å². The largest absolute Gasteiger partial charge is 0.491 e. The van der Waals surface area contributed by atoms with E-state index in [4.69, 9.17) is 9.84 Å². The number of fused-ring (bicyclic) bond motifs is 1. The van der Waals surface area contributed by atoms with E-state index < -0.39 is 5.97 Å². The smallest absolute Gasteiger partial charge is 0.365 e. The average Bonchev–Trinajstić information content (AvgIpc) is 2.88. The first-order chi connectivity index (χ1) is 10.2. The van der Waals surface area contributed by atoms with Crippen molar-refractivity contribution in [3.63, 3.8) is 0 Å². The summed E-state index contributed by atoms with van der Waals surface area (Å²) >= 11 is 0.947. The third-order valence-electron chi connectivity index (χ3n) is 3.09. The molecule has 0 saturated carbocycles. The van der Waals surface area contributed by atoms with Crippen molar-refractivity contribution in [3.8, 4) is 5.75 Å². The second-order valence-electron chi connectivity index (χ2n) is 4.47. The Morgan fingerprint density at radius 3 is 2.90 bits per heavy atom. The van der Waals surface area contributed by atoms with Gasteiger partial charge < -0.3 is 14.7 Å². The number of aromatic carboxylic acids is 1. The minimum absolute atomic E-state index is 0.0855. The minimum atomic E-state index is -1.13. The quantitative estimate of drug-likeness (QED) is 0.920. The maximum Gasteiger partial charge on any atom is 0.365 e. The van der Waals surface area contributed by atoms with Gasteiger partial charge in [-0.05, 0) is 18.6 Å². The third-order valence-corrected chi connectivity index (χ3v) is 3.92. The first kappa shape index (κ1) is 13.6. The number of rotatable bonds is 2. The number of carbonyl (C=O) groups excluding carboxylic acids is 1. The van der Waals surface area contributed by atoms with Gasteiger partial charge in [-0.15, -0.1) is 11.3 Å². The second kappa shape index (κ2) is 5.53. The summed E-state index contributed by atoms with van der Waals surface area (Å²) in [6.07, 6.45) is 0.705. The molecule has 0 unspecified atom stereocenters. The van der Waals surface area contributed by atoms with Gasteiger partial charge in [-0.3, -0.25) is 4.79 Å². The molecule has 21 heavy (non-hydrogen) atoms. The van der Waals surface area contributed by atoms with E-state index >= 15 is 0 Å². The number of amides is 1. The Bertz CT molecular complexity index is 698. The van der Waals surface area contributed by atoms with E-state index in [1.165, 1.54) is 5.38 Å². The molecule has 3 rings (SSSR count). The van der Waals surface area contributed by atoms with Crippen LogP contribution in [0.3, 0.4) is 0 Å². The Kier molecular flexibility index (Phi) is 3.57. The van der Waals surface area contributed by atoms with Crippen LogP contribution >= 0.6 is 11.3 Å². The number of ether oxygens (including phenoxy) is 1. The van der Waals surface area contributed by atoms with Gasteiger partial charge in [0.1, 0.15) is 11.4 Å². The van der Waals surface area contributed by atoms with Crippen molar-refractivity contribution in [1.82, 2.24) is 4.98 Å². The van der Waals surface area contributed by atoms with Crippen molar-refractivity contribution in [3.05, 3.63) is 40.3 Å². The molecule has 0 fully saturated rings. The zero-order valence-electron chi connectivity index (χ0n) is 11.0. The molecule has 1 aliphatic heterocycles. The molecular weight excluding hydrogens is 292 g/mol. The van der Waals surface area contributed by atoms with Crippen molar-refractivity contribution in [2.24, 2.45) is 0 Å². The fourth-order valence-corrected chi connectivity index (χ4v) is 2.78. The summed E-state index contributed by atoms with van der Waals surface area (Å²) < 4.78 is 5.60. The van der Waals surface area contributed by atoms with Gasteiger partial charge in [-0.2, -0.15) is 0 Å². The molecule has 2 aromatic rings. The van der Waals surface area contributed by atoms with Gasteiger partial charge in [-0.1, -0.05) is 12.1 Å². The third kappa shape index (κ3) is 2.59. The number of para-hydroxylation sites is 2. The van der Waals surface area contributed by atoms with Crippen LogP contribution in [0.15, 0.2) is 29.6 Å². The first-order valence-electron chi connectivity index (χ1n) is 6.39. The Hall–Kier alpha value is -2.41. The van der Waals surface area contributed by atoms with Gasteiger partial charge in [0.2, 0.25) is 5.01 Å². The number of carbonyl (C=O) groups is 2. The highest BCUT2D eigenvalue weighted by molar-refractivity contribution is 7.11. The topological polar surface area (TPSA) is 79.7 Å². The molecule has 6 nitrogen and oxygen atoms in total. The molecule has 0 saturated heterocycles. The summed E-state index contributed by atoms with van der Waals surface area (Å²) in [4.78, 5) is 28.9. The number of carboxylic acids is 1. The summed E-state index contributed by atoms with van der Waals surface area (Å²) in [5, 5.41) is 10.3. The number of thiazole rings is 1. The van der Waals surface area contributed by atoms with Crippen molar-refractivity contribution in [2.45, 2.75) is 6.42 Å². The highest BCUT2D eigenvalue weighted by atomic mass is 32.1. The highest BCUT2D eigenvalue weighted by Crippen LogP contribution is 2.31. The van der Waals surface area contributed by atoms with Gasteiger partial charge >= 0.3 is 5.97 Å². The number of hydrogen-bond donors (Lipinski definition) is 1. The number of hydrogen-bond acceptors (Lipinski definition) is 5. The molecule has 7 heteroatoms. The monoisotopic (exact) mass is 304 g/mol. The summed E-state index contributed by atoms with van der Waals surface area (Å²) in [5.41, 5.74) is 0.832. The van der Waals surface area contributed by atoms with Crippen LogP contribution in [0.25, 0.3) is 0 Å². The Labute approximate surface area is 124 Å². The molecule has 0 aliphatic carbocycles. The van der Waals surface area contributed by atoms with E-state index in [9.17, 15) is 9.59 Å². The summed E-state index contributed by atoms with van der Waals surface area (Å²) in [7, 11) is 0. The molecule has 1 aliphatic rings. The lowest BCUT2D eigenvalue weighted by Gasteiger charge is -2.20. The molecule has 2 heterocycles. The van der Waals surface area contributed by atoms with E-state index in [0.717, 1.165) is 11.3 Å². The number of nitrogens with zero attached hydrogens (tertiary/aromatic N) is 2. The molecule has 0 spiro atoms. The van der Waals surface area contributed by atoms with Crippen LogP contribution in [0.1, 0.15) is 26.7 Å². The molecule has 1 N–H and O–H groups in total. The van der Waals surface area contributed by atoms with E-state index in [1.54, 1.807) is 4.90 Å². The van der Waals surface area contributed by atoms with Gasteiger partial charge in [0, 0.05) is 11.9 Å². The lowest BCUT2D eigenvalue weighted by molar-refractivity contribution is 0.0696. The van der Waals surface area contributed by atoms with E-state index in [0.29, 0.717) is 31.0 Å². The number of aromatic nitrogens is 1. The zero-order valence-corrected chi connectivity index (χ0v) is 11.8. The van der Waals surface area contributed by atoms with Gasteiger partial charge in [0.25, 0.3) is 5.91 Å². The van der Waals surface area contributed by atoms with E-state index in [-0.39, 0.29) is 16.6 Å². The van der Waals surface area contributed by atoms with Crippen LogP contribution in [0.2, 0.25) is 0 Å². The molecule has 1 amide bonds. The van der Waals surface area contributed by atoms with Crippen molar-refractivity contribution >= 4 is 28.9 Å². The molecule has 0 radical (unpaired) electrons. The molecule has 1 aromatic heterocycles. The molecular formula is C14H12N2O4S. The summed E-state index contributed by atoms with van der Waals surface area (Å²) in [6, 6.07) is 7.30. The molecule has 1 aromatic carbocycles. The van der Waals surface area contributed by atoms with Crippen molar-refractivity contribution in [2.75, 3.05) is 18.1 Å². The SMILES string of the molecule is O=C(O)c1nc(C(=O)N2CCCOc3ccccc32)cs1.